The third kappa shape index (κ3) is 4.29. The number of carbonyl (C=O) groups is 2. The molecule has 0 radical (unpaired) electrons. The van der Waals surface area contributed by atoms with Crippen LogP contribution in [0.1, 0.15) is 11.5 Å². The first-order chi connectivity index (χ1) is 16.0. The molecule has 0 amide bonds. The second-order valence-electron chi connectivity index (χ2n) is 6.90. The highest BCUT2D eigenvalue weighted by atomic mass is 16.5. The van der Waals surface area contributed by atoms with E-state index in [4.69, 9.17) is 19.9 Å². The highest BCUT2D eigenvalue weighted by Crippen LogP contribution is 2.45. The largest absolute Gasteiger partial charge is 0.487 e. The number of carbonyl (C=O) groups excluding carboxylic acids is 2. The van der Waals surface area contributed by atoms with Gasteiger partial charge in [0, 0.05) is 0 Å². The smallest absolute Gasteiger partial charge is 0.355 e. The molecule has 0 bridgehead atoms. The molecule has 2 aromatic carbocycles. The molecule has 168 valence electrons. The SMILES string of the molecule is C=CCOc1ccccc1N1C(N)=C(C#N)C(c2ccccc2)C(C(=O)OC)=C1C(=O)OC. The minimum absolute atomic E-state index is 0.0333. The van der Waals surface area contributed by atoms with E-state index in [1.165, 1.54) is 19.1 Å². The van der Waals surface area contributed by atoms with Gasteiger partial charge < -0.3 is 19.9 Å². The van der Waals surface area contributed by atoms with Crippen LogP contribution >= 0.6 is 0 Å². The van der Waals surface area contributed by atoms with Crippen molar-refractivity contribution in [2.75, 3.05) is 25.7 Å². The molecule has 0 aromatic heterocycles. The zero-order valence-electron chi connectivity index (χ0n) is 18.3. The predicted molar refractivity (Wildman–Crippen MR) is 122 cm³/mol. The highest BCUT2D eigenvalue weighted by Gasteiger charge is 2.43. The number of nitrogens with zero attached hydrogens (tertiary/aromatic N) is 2. The van der Waals surface area contributed by atoms with Gasteiger partial charge in [-0.05, 0) is 17.7 Å². The van der Waals surface area contributed by atoms with Gasteiger partial charge >= 0.3 is 11.9 Å². The van der Waals surface area contributed by atoms with E-state index < -0.39 is 17.9 Å². The van der Waals surface area contributed by atoms with Crippen LogP contribution in [0, 0.1) is 11.3 Å². The van der Waals surface area contributed by atoms with E-state index in [-0.39, 0.29) is 29.3 Å². The number of ether oxygens (including phenoxy) is 3. The fraction of sp³-hybridized carbons (Fsp3) is 0.160. The van der Waals surface area contributed by atoms with E-state index in [0.717, 1.165) is 0 Å². The fourth-order valence-corrected chi connectivity index (χ4v) is 3.68. The Morgan fingerprint density at radius 1 is 1.09 bits per heavy atom. The fourth-order valence-electron chi connectivity index (χ4n) is 3.68. The summed E-state index contributed by atoms with van der Waals surface area (Å²) in [4.78, 5) is 27.4. The Labute approximate surface area is 191 Å². The molecular weight excluding hydrogens is 422 g/mol. The molecule has 0 saturated carbocycles. The lowest BCUT2D eigenvalue weighted by atomic mass is 9.81. The molecule has 1 aliphatic rings. The second kappa shape index (κ2) is 10.2. The van der Waals surface area contributed by atoms with E-state index in [1.54, 1.807) is 60.7 Å². The molecule has 3 rings (SSSR count). The van der Waals surface area contributed by atoms with Gasteiger partial charge in [0.05, 0.1) is 43.0 Å². The van der Waals surface area contributed by atoms with Crippen LogP contribution in [-0.2, 0) is 19.1 Å². The van der Waals surface area contributed by atoms with Crippen LogP contribution in [0.25, 0.3) is 0 Å². The van der Waals surface area contributed by atoms with Crippen molar-refractivity contribution in [2.45, 2.75) is 5.92 Å². The predicted octanol–water partition coefficient (Wildman–Crippen LogP) is 3.15. The topological polar surface area (TPSA) is 115 Å². The quantitative estimate of drug-likeness (QED) is 0.511. The van der Waals surface area contributed by atoms with Crippen molar-refractivity contribution in [2.24, 2.45) is 5.73 Å². The lowest BCUT2D eigenvalue weighted by Crippen LogP contribution is -2.41. The zero-order chi connectivity index (χ0) is 24.0. The lowest BCUT2D eigenvalue weighted by molar-refractivity contribution is -0.139. The van der Waals surface area contributed by atoms with Gasteiger partial charge in [-0.1, -0.05) is 55.1 Å². The maximum Gasteiger partial charge on any atom is 0.355 e. The number of hydrogen-bond donors (Lipinski definition) is 1. The first-order valence-corrected chi connectivity index (χ1v) is 9.98. The normalized spacial score (nSPS) is 15.5. The summed E-state index contributed by atoms with van der Waals surface area (Å²) >= 11 is 0. The van der Waals surface area contributed by atoms with Crippen molar-refractivity contribution in [3.63, 3.8) is 0 Å². The molecule has 2 aromatic rings. The number of methoxy groups -OCH3 is 2. The number of esters is 2. The van der Waals surface area contributed by atoms with E-state index >= 15 is 0 Å². The van der Waals surface area contributed by atoms with E-state index in [1.807, 2.05) is 0 Å². The van der Waals surface area contributed by atoms with E-state index in [0.29, 0.717) is 17.0 Å². The Balaban J connectivity index is 2.40. The van der Waals surface area contributed by atoms with Crippen molar-refractivity contribution in [3.8, 4) is 11.8 Å². The number of nitrogens with two attached hydrogens (primary N) is 1. The van der Waals surface area contributed by atoms with Crippen molar-refractivity contribution in [1.29, 1.82) is 5.26 Å². The molecule has 1 heterocycles. The molecular formula is C25H23N3O5. The van der Waals surface area contributed by atoms with Crippen LogP contribution in [0.3, 0.4) is 0 Å². The van der Waals surface area contributed by atoms with Gasteiger partial charge in [-0.25, -0.2) is 9.59 Å². The van der Waals surface area contributed by atoms with Gasteiger partial charge in [0.15, 0.2) is 0 Å². The maximum absolute atomic E-state index is 13.1. The molecule has 33 heavy (non-hydrogen) atoms. The Kier molecular flexibility index (Phi) is 7.16. The number of benzene rings is 2. The number of allylic oxidation sites excluding steroid dienone is 1. The Bertz CT molecular complexity index is 1180. The molecule has 0 fully saturated rings. The zero-order valence-corrected chi connectivity index (χ0v) is 18.3. The maximum atomic E-state index is 13.1. The monoisotopic (exact) mass is 445 g/mol. The molecule has 1 aliphatic heterocycles. The highest BCUT2D eigenvalue weighted by molar-refractivity contribution is 6.06. The number of nitriles is 1. The molecule has 0 saturated heterocycles. The third-order valence-electron chi connectivity index (χ3n) is 5.07. The molecule has 8 nitrogen and oxygen atoms in total. The van der Waals surface area contributed by atoms with Crippen LogP contribution in [0.5, 0.6) is 5.75 Å². The minimum Gasteiger partial charge on any atom is -0.487 e. The van der Waals surface area contributed by atoms with Crippen LogP contribution < -0.4 is 15.4 Å². The lowest BCUT2D eigenvalue weighted by Gasteiger charge is -2.36. The summed E-state index contributed by atoms with van der Waals surface area (Å²) in [5, 5.41) is 10.1. The standard InChI is InChI=1S/C25H23N3O5/c1-4-14-33-19-13-9-8-12-18(19)28-22(25(30)32-3)21(24(29)31-2)20(17(15-26)23(28)27)16-10-6-5-7-11-16/h4-13,20H,1,14,27H2,2-3H3. The first kappa shape index (κ1) is 23.2. The second-order valence-corrected chi connectivity index (χ2v) is 6.90. The summed E-state index contributed by atoms with van der Waals surface area (Å²) in [6.45, 7) is 3.83. The summed E-state index contributed by atoms with van der Waals surface area (Å²) < 4.78 is 15.8. The summed E-state index contributed by atoms with van der Waals surface area (Å²) in [5.74, 6) is -2.22. The number of rotatable bonds is 7. The molecule has 2 N–H and O–H groups in total. The molecule has 1 unspecified atom stereocenters. The van der Waals surface area contributed by atoms with E-state index in [2.05, 4.69) is 12.6 Å². The number of anilines is 1. The Morgan fingerprint density at radius 3 is 2.33 bits per heavy atom. The summed E-state index contributed by atoms with van der Waals surface area (Å²) in [7, 11) is 2.39. The Hall–Kier alpha value is -4.51. The van der Waals surface area contributed by atoms with Crippen molar-refractivity contribution in [3.05, 3.63) is 95.5 Å². The average molecular weight is 445 g/mol. The average Bonchev–Trinajstić information content (AvgIpc) is 2.86. The third-order valence-corrected chi connectivity index (χ3v) is 5.07. The van der Waals surface area contributed by atoms with Crippen LogP contribution in [0.4, 0.5) is 5.69 Å². The van der Waals surface area contributed by atoms with E-state index in [9.17, 15) is 14.9 Å². The van der Waals surface area contributed by atoms with Crippen LogP contribution in [0.15, 0.2) is 89.9 Å². The summed E-state index contributed by atoms with van der Waals surface area (Å²) in [6.07, 6.45) is 1.56. The summed E-state index contributed by atoms with van der Waals surface area (Å²) in [5.41, 5.74) is 7.27. The van der Waals surface area contributed by atoms with Crippen LogP contribution in [-0.4, -0.2) is 32.8 Å². The molecule has 0 aliphatic carbocycles. The van der Waals surface area contributed by atoms with Gasteiger partial charge in [0.2, 0.25) is 0 Å². The Morgan fingerprint density at radius 2 is 1.73 bits per heavy atom. The first-order valence-electron chi connectivity index (χ1n) is 9.98. The van der Waals surface area contributed by atoms with Crippen molar-refractivity contribution >= 4 is 17.6 Å². The summed E-state index contributed by atoms with van der Waals surface area (Å²) in [6, 6.07) is 17.7. The van der Waals surface area contributed by atoms with Gasteiger partial charge in [-0.3, -0.25) is 4.90 Å². The number of para-hydroxylation sites is 2. The molecule has 8 heteroatoms. The van der Waals surface area contributed by atoms with Gasteiger partial charge in [-0.2, -0.15) is 5.26 Å². The van der Waals surface area contributed by atoms with Gasteiger partial charge in [0.25, 0.3) is 0 Å². The van der Waals surface area contributed by atoms with Gasteiger partial charge in [-0.15, -0.1) is 0 Å². The minimum atomic E-state index is -0.935. The van der Waals surface area contributed by atoms with Gasteiger partial charge in [0.1, 0.15) is 23.9 Å². The van der Waals surface area contributed by atoms with Crippen LogP contribution in [0.2, 0.25) is 0 Å². The van der Waals surface area contributed by atoms with Crippen molar-refractivity contribution < 1.29 is 23.8 Å². The molecule has 0 spiro atoms. The van der Waals surface area contributed by atoms with Crippen molar-refractivity contribution in [1.82, 2.24) is 0 Å². The number of hydrogen-bond acceptors (Lipinski definition) is 8. The molecule has 1 atom stereocenters.